The Balaban J connectivity index is 1.35. The zero-order valence-electron chi connectivity index (χ0n) is 30.9. The Hall–Kier alpha value is -6.20. The van der Waals surface area contributed by atoms with Gasteiger partial charge in [-0.1, -0.05) is 120 Å². The molecule has 6 aromatic carbocycles. The molecule has 4 heterocycles. The van der Waals surface area contributed by atoms with Crippen LogP contribution in [0.5, 0.6) is 0 Å². The Labute approximate surface area is 308 Å². The molecule has 10 aromatic rings. The van der Waals surface area contributed by atoms with E-state index in [2.05, 4.69) is 166 Å². The Morgan fingerprint density at radius 3 is 1.60 bits per heavy atom. The van der Waals surface area contributed by atoms with Gasteiger partial charge in [0.25, 0.3) is 0 Å². The van der Waals surface area contributed by atoms with Crippen LogP contribution < -0.4 is 0 Å². The van der Waals surface area contributed by atoms with Gasteiger partial charge in [0, 0.05) is 43.9 Å². The third kappa shape index (κ3) is 4.84. The lowest BCUT2D eigenvalue weighted by atomic mass is 9.79. The predicted molar refractivity (Wildman–Crippen MR) is 221 cm³/mol. The summed E-state index contributed by atoms with van der Waals surface area (Å²) < 4.78 is 10.9. The summed E-state index contributed by atoms with van der Waals surface area (Å²) in [7, 11) is 0. The summed E-state index contributed by atoms with van der Waals surface area (Å²) >= 11 is 0. The summed E-state index contributed by atoms with van der Waals surface area (Å²) in [5, 5.41) is 6.96. The molecule has 0 bridgehead atoms. The van der Waals surface area contributed by atoms with Crippen molar-refractivity contribution in [2.24, 2.45) is 0 Å². The molecule has 0 atom stereocenters. The fraction of sp³-hybridized carbons (Fsp3) is 0.167. The molecular formula is C48H40N4O. The van der Waals surface area contributed by atoms with Gasteiger partial charge < -0.3 is 4.42 Å². The van der Waals surface area contributed by atoms with Gasteiger partial charge in [0.15, 0.2) is 5.82 Å². The standard InChI is InChI=1S/C48H40N4O/c1-47(2,3)30-26-36-33-17-9-13-21-40(33)52(45(36)37(27-30)48(4,5)6)44-28-43(51-38-19-11-7-15-31(38)32-16-8-12-20-39(32)51)49-46(50-44)29-23-24-42-35(25-29)34-18-10-14-22-41(34)53-42/h7-28H,1-6H3. The van der Waals surface area contributed by atoms with E-state index in [1.807, 2.05) is 18.2 Å². The Morgan fingerprint density at radius 2 is 0.981 bits per heavy atom. The molecule has 0 fully saturated rings. The van der Waals surface area contributed by atoms with Crippen LogP contribution in [0.3, 0.4) is 0 Å². The second kappa shape index (κ2) is 11.1. The summed E-state index contributed by atoms with van der Waals surface area (Å²) in [5.41, 5.74) is 9.63. The van der Waals surface area contributed by atoms with Gasteiger partial charge in [-0.15, -0.1) is 0 Å². The maximum Gasteiger partial charge on any atom is 0.163 e. The van der Waals surface area contributed by atoms with E-state index in [1.165, 1.54) is 38.2 Å². The second-order valence-electron chi connectivity index (χ2n) is 16.4. The van der Waals surface area contributed by atoms with Gasteiger partial charge in [0.1, 0.15) is 22.8 Å². The maximum absolute atomic E-state index is 6.23. The number of fused-ring (bicyclic) bond motifs is 9. The molecule has 0 radical (unpaired) electrons. The van der Waals surface area contributed by atoms with Gasteiger partial charge in [-0.25, -0.2) is 9.97 Å². The van der Waals surface area contributed by atoms with E-state index in [0.717, 1.165) is 55.7 Å². The van der Waals surface area contributed by atoms with E-state index in [1.54, 1.807) is 0 Å². The number of para-hydroxylation sites is 4. The molecule has 0 saturated heterocycles. The smallest absolute Gasteiger partial charge is 0.163 e. The summed E-state index contributed by atoms with van der Waals surface area (Å²) in [6.07, 6.45) is 0. The van der Waals surface area contributed by atoms with Gasteiger partial charge in [-0.2, -0.15) is 0 Å². The molecule has 5 heteroatoms. The first kappa shape index (κ1) is 31.5. The van der Waals surface area contributed by atoms with E-state index in [-0.39, 0.29) is 10.8 Å². The largest absolute Gasteiger partial charge is 0.456 e. The van der Waals surface area contributed by atoms with Crippen LogP contribution in [-0.4, -0.2) is 19.1 Å². The van der Waals surface area contributed by atoms with Gasteiger partial charge in [-0.05, 0) is 70.5 Å². The summed E-state index contributed by atoms with van der Waals surface area (Å²) in [5.74, 6) is 2.29. The van der Waals surface area contributed by atoms with E-state index in [9.17, 15) is 0 Å². The molecule has 0 aliphatic carbocycles. The molecule has 0 aliphatic heterocycles. The van der Waals surface area contributed by atoms with Crippen LogP contribution in [-0.2, 0) is 10.8 Å². The third-order valence-electron chi connectivity index (χ3n) is 10.8. The van der Waals surface area contributed by atoms with E-state index in [4.69, 9.17) is 14.4 Å². The van der Waals surface area contributed by atoms with Crippen molar-refractivity contribution in [3.63, 3.8) is 0 Å². The minimum absolute atomic E-state index is 0.0148. The molecule has 0 unspecified atom stereocenters. The monoisotopic (exact) mass is 688 g/mol. The summed E-state index contributed by atoms with van der Waals surface area (Å²) in [6, 6.07) is 47.5. The van der Waals surface area contributed by atoms with Crippen molar-refractivity contribution in [3.8, 4) is 23.0 Å². The first-order valence-corrected chi connectivity index (χ1v) is 18.4. The van der Waals surface area contributed by atoms with E-state index < -0.39 is 0 Å². The normalized spacial score (nSPS) is 12.7. The summed E-state index contributed by atoms with van der Waals surface area (Å²) in [6.45, 7) is 13.8. The maximum atomic E-state index is 6.23. The van der Waals surface area contributed by atoms with Crippen LogP contribution in [0, 0.1) is 0 Å². The molecule has 4 aromatic heterocycles. The van der Waals surface area contributed by atoms with Crippen LogP contribution >= 0.6 is 0 Å². The number of furan rings is 1. The summed E-state index contributed by atoms with van der Waals surface area (Å²) in [4.78, 5) is 10.9. The topological polar surface area (TPSA) is 48.8 Å². The molecule has 10 rings (SSSR count). The highest BCUT2D eigenvalue weighted by atomic mass is 16.3. The van der Waals surface area contributed by atoms with Crippen molar-refractivity contribution in [2.45, 2.75) is 52.4 Å². The molecule has 0 saturated carbocycles. The van der Waals surface area contributed by atoms with Crippen molar-refractivity contribution in [1.82, 2.24) is 19.1 Å². The number of hydrogen-bond donors (Lipinski definition) is 0. The second-order valence-corrected chi connectivity index (χ2v) is 16.4. The number of aromatic nitrogens is 4. The van der Waals surface area contributed by atoms with Crippen LogP contribution in [0.1, 0.15) is 52.7 Å². The van der Waals surface area contributed by atoms with E-state index in [0.29, 0.717) is 5.82 Å². The SMILES string of the molecule is CC(C)(C)c1cc(C(C)(C)C)c2c(c1)c1ccccc1n2-c1cc(-n2c3ccccc3c3ccccc32)nc(-c2ccc3oc4ccccc4c3c2)n1. The van der Waals surface area contributed by atoms with E-state index >= 15 is 0 Å². The van der Waals surface area contributed by atoms with Crippen LogP contribution in [0.4, 0.5) is 0 Å². The number of rotatable bonds is 3. The molecule has 258 valence electrons. The highest BCUT2D eigenvalue weighted by Gasteiger charge is 2.28. The van der Waals surface area contributed by atoms with Gasteiger partial charge in [-0.3, -0.25) is 9.13 Å². The zero-order chi connectivity index (χ0) is 36.2. The van der Waals surface area contributed by atoms with Crippen LogP contribution in [0.2, 0.25) is 0 Å². The quantitative estimate of drug-likeness (QED) is 0.186. The zero-order valence-corrected chi connectivity index (χ0v) is 30.9. The molecule has 5 nitrogen and oxygen atoms in total. The lowest BCUT2D eigenvalue weighted by Crippen LogP contribution is -2.18. The fourth-order valence-electron chi connectivity index (χ4n) is 8.15. The lowest BCUT2D eigenvalue weighted by molar-refractivity contribution is 0.572. The average Bonchev–Trinajstić information content (AvgIpc) is 3.81. The molecular weight excluding hydrogens is 649 g/mol. The predicted octanol–water partition coefficient (Wildman–Crippen LogP) is 12.8. The third-order valence-corrected chi connectivity index (χ3v) is 10.8. The Kier molecular flexibility index (Phi) is 6.63. The van der Waals surface area contributed by atoms with Crippen molar-refractivity contribution in [3.05, 3.63) is 145 Å². The number of benzene rings is 6. The van der Waals surface area contributed by atoms with Crippen molar-refractivity contribution >= 4 is 65.6 Å². The van der Waals surface area contributed by atoms with Crippen LogP contribution in [0.15, 0.2) is 138 Å². The lowest BCUT2D eigenvalue weighted by Gasteiger charge is -2.27. The number of hydrogen-bond acceptors (Lipinski definition) is 3. The minimum atomic E-state index is -0.134. The van der Waals surface area contributed by atoms with Gasteiger partial charge >= 0.3 is 0 Å². The van der Waals surface area contributed by atoms with Gasteiger partial charge in [0.05, 0.1) is 22.1 Å². The highest BCUT2D eigenvalue weighted by Crippen LogP contribution is 2.42. The van der Waals surface area contributed by atoms with Crippen LogP contribution in [0.25, 0.3) is 88.6 Å². The first-order chi connectivity index (χ1) is 25.5. The minimum Gasteiger partial charge on any atom is -0.456 e. The molecule has 0 aliphatic rings. The molecule has 0 spiro atoms. The number of nitrogens with zero attached hydrogens (tertiary/aromatic N) is 4. The Morgan fingerprint density at radius 1 is 0.453 bits per heavy atom. The molecule has 0 amide bonds. The van der Waals surface area contributed by atoms with Gasteiger partial charge in [0.2, 0.25) is 0 Å². The molecule has 0 N–H and O–H groups in total. The molecule has 53 heavy (non-hydrogen) atoms. The van der Waals surface area contributed by atoms with Crippen molar-refractivity contribution < 1.29 is 4.42 Å². The fourth-order valence-corrected chi connectivity index (χ4v) is 8.15. The first-order valence-electron chi connectivity index (χ1n) is 18.4. The van der Waals surface area contributed by atoms with Crippen molar-refractivity contribution in [1.29, 1.82) is 0 Å². The Bertz CT molecular complexity index is 3030. The van der Waals surface area contributed by atoms with Crippen molar-refractivity contribution in [2.75, 3.05) is 0 Å². The average molecular weight is 689 g/mol. The highest BCUT2D eigenvalue weighted by molar-refractivity contribution is 6.12.